The molecule has 3 aromatic rings. The van der Waals surface area contributed by atoms with Gasteiger partial charge in [0.15, 0.2) is 0 Å². The van der Waals surface area contributed by atoms with Gasteiger partial charge in [-0.05, 0) is 62.3 Å². The van der Waals surface area contributed by atoms with E-state index in [1.165, 1.54) is 23.7 Å². The van der Waals surface area contributed by atoms with Crippen molar-refractivity contribution in [1.82, 2.24) is 14.3 Å². The van der Waals surface area contributed by atoms with Crippen LogP contribution in [0, 0.1) is 6.92 Å². The predicted molar refractivity (Wildman–Crippen MR) is 147 cm³/mol. The van der Waals surface area contributed by atoms with E-state index >= 15 is 0 Å². The number of fused-ring (bicyclic) bond motifs is 1. The van der Waals surface area contributed by atoms with Crippen LogP contribution < -0.4 is 10.5 Å². The molecule has 2 saturated heterocycles. The number of amides is 1. The van der Waals surface area contributed by atoms with Gasteiger partial charge in [0.1, 0.15) is 15.8 Å². The zero-order valence-electron chi connectivity index (χ0n) is 19.8. The van der Waals surface area contributed by atoms with Crippen LogP contribution in [0.4, 0.5) is 5.82 Å². The van der Waals surface area contributed by atoms with Crippen LogP contribution in [0.2, 0.25) is 0 Å². The molecule has 6 nitrogen and oxygen atoms in total. The van der Waals surface area contributed by atoms with Crippen molar-refractivity contribution in [3.05, 3.63) is 80.6 Å². The van der Waals surface area contributed by atoms with E-state index in [-0.39, 0.29) is 11.5 Å². The van der Waals surface area contributed by atoms with E-state index in [4.69, 9.17) is 17.2 Å². The smallest absolute Gasteiger partial charge is 0.267 e. The third kappa shape index (κ3) is 4.90. The Morgan fingerprint density at radius 1 is 1.06 bits per heavy atom. The summed E-state index contributed by atoms with van der Waals surface area (Å²) in [5, 5.41) is 0. The van der Waals surface area contributed by atoms with E-state index in [9.17, 15) is 9.59 Å². The number of anilines is 1. The summed E-state index contributed by atoms with van der Waals surface area (Å²) in [6, 6.07) is 14.0. The first-order chi connectivity index (χ1) is 17.0. The molecule has 180 valence electrons. The summed E-state index contributed by atoms with van der Waals surface area (Å²) in [5.74, 6) is 0.532. The van der Waals surface area contributed by atoms with Crippen LogP contribution in [0.5, 0.6) is 0 Å². The molecule has 0 spiro atoms. The molecule has 2 aliphatic rings. The Morgan fingerprint density at radius 2 is 1.83 bits per heavy atom. The van der Waals surface area contributed by atoms with Gasteiger partial charge in [-0.2, -0.15) is 0 Å². The summed E-state index contributed by atoms with van der Waals surface area (Å²) in [4.78, 5) is 36.2. The van der Waals surface area contributed by atoms with Crippen molar-refractivity contribution in [2.75, 3.05) is 24.5 Å². The molecule has 5 rings (SSSR count). The van der Waals surface area contributed by atoms with E-state index in [0.717, 1.165) is 44.3 Å². The number of benzene rings is 1. The second-order valence-electron chi connectivity index (χ2n) is 9.01. The Morgan fingerprint density at radius 3 is 2.60 bits per heavy atom. The number of hydrogen-bond acceptors (Lipinski definition) is 6. The van der Waals surface area contributed by atoms with E-state index in [1.807, 2.05) is 37.3 Å². The number of aryl methyl sites for hydroxylation is 2. The summed E-state index contributed by atoms with van der Waals surface area (Å²) in [7, 11) is 0. The van der Waals surface area contributed by atoms with Crippen LogP contribution in [0.25, 0.3) is 11.7 Å². The van der Waals surface area contributed by atoms with Crippen LogP contribution in [-0.4, -0.2) is 44.1 Å². The standard InChI is InChI=1S/C27H28N4O2S2/c1-19-10-8-16-30-23(19)28-24(29-14-6-3-7-15-29)21(25(30)32)18-22-26(33)31(27(34)35-22)17-9-13-20-11-4-2-5-12-20/h2,4-5,8,10-12,16,18H,3,6-7,9,13-15,17H2,1H3/b22-18-. The Kier molecular flexibility index (Phi) is 7.02. The Labute approximate surface area is 214 Å². The molecular weight excluding hydrogens is 476 g/mol. The lowest BCUT2D eigenvalue weighted by Gasteiger charge is -2.29. The second kappa shape index (κ2) is 10.3. The van der Waals surface area contributed by atoms with Gasteiger partial charge in [0.05, 0.1) is 10.5 Å². The number of thioether (sulfide) groups is 1. The highest BCUT2D eigenvalue weighted by molar-refractivity contribution is 8.26. The first kappa shape index (κ1) is 23.8. The van der Waals surface area contributed by atoms with Crippen molar-refractivity contribution in [3.8, 4) is 0 Å². The molecule has 0 saturated carbocycles. The largest absolute Gasteiger partial charge is 0.356 e. The normalized spacial score (nSPS) is 17.7. The molecule has 2 aliphatic heterocycles. The minimum Gasteiger partial charge on any atom is -0.356 e. The van der Waals surface area contributed by atoms with Gasteiger partial charge >= 0.3 is 0 Å². The molecule has 35 heavy (non-hydrogen) atoms. The molecule has 1 amide bonds. The molecular formula is C27H28N4O2S2. The van der Waals surface area contributed by atoms with Crippen molar-refractivity contribution in [3.63, 3.8) is 0 Å². The number of aromatic nitrogens is 2. The molecule has 1 aromatic carbocycles. The third-order valence-electron chi connectivity index (χ3n) is 6.56. The number of hydrogen-bond donors (Lipinski definition) is 0. The van der Waals surface area contributed by atoms with Gasteiger partial charge in [-0.25, -0.2) is 4.98 Å². The van der Waals surface area contributed by atoms with Gasteiger partial charge < -0.3 is 4.90 Å². The lowest BCUT2D eigenvalue weighted by atomic mass is 10.1. The van der Waals surface area contributed by atoms with Crippen molar-refractivity contribution >= 4 is 51.7 Å². The quantitative estimate of drug-likeness (QED) is 0.354. The zero-order chi connectivity index (χ0) is 24.4. The van der Waals surface area contributed by atoms with Gasteiger partial charge in [0.2, 0.25) is 0 Å². The fourth-order valence-electron chi connectivity index (χ4n) is 4.68. The van der Waals surface area contributed by atoms with Crippen molar-refractivity contribution in [2.45, 2.75) is 39.0 Å². The summed E-state index contributed by atoms with van der Waals surface area (Å²) in [6.07, 6.45) is 8.47. The molecule has 2 aromatic heterocycles. The van der Waals surface area contributed by atoms with Crippen LogP contribution in [0.15, 0.2) is 58.4 Å². The molecule has 2 fully saturated rings. The SMILES string of the molecule is Cc1cccn2c(=O)c(/C=C3\SC(=S)N(CCCc4ccccc4)C3=O)c(N3CCCCC3)nc12. The topological polar surface area (TPSA) is 57.9 Å². The molecule has 0 radical (unpaired) electrons. The highest BCUT2D eigenvalue weighted by Gasteiger charge is 2.32. The number of carbonyl (C=O) groups excluding carboxylic acids is 1. The maximum absolute atomic E-state index is 13.6. The fraction of sp³-hybridized carbons (Fsp3) is 0.333. The van der Waals surface area contributed by atoms with E-state index in [0.29, 0.717) is 32.8 Å². The number of thiocarbonyl (C=S) groups is 1. The van der Waals surface area contributed by atoms with E-state index < -0.39 is 0 Å². The highest BCUT2D eigenvalue weighted by atomic mass is 32.2. The summed E-state index contributed by atoms with van der Waals surface area (Å²) in [5.41, 5.74) is 3.14. The van der Waals surface area contributed by atoms with Crippen LogP contribution in [0.1, 0.15) is 42.4 Å². The second-order valence-corrected chi connectivity index (χ2v) is 10.7. The van der Waals surface area contributed by atoms with E-state index in [2.05, 4.69) is 17.0 Å². The fourth-order valence-corrected chi connectivity index (χ4v) is 5.97. The lowest BCUT2D eigenvalue weighted by Crippen LogP contribution is -2.34. The maximum atomic E-state index is 13.6. The number of nitrogens with zero attached hydrogens (tertiary/aromatic N) is 4. The summed E-state index contributed by atoms with van der Waals surface area (Å²) in [6.45, 7) is 4.23. The first-order valence-corrected chi connectivity index (χ1v) is 13.3. The van der Waals surface area contributed by atoms with E-state index in [1.54, 1.807) is 21.6 Å². The van der Waals surface area contributed by atoms with Crippen molar-refractivity contribution in [1.29, 1.82) is 0 Å². The Hall–Kier alpha value is -2.97. The van der Waals surface area contributed by atoms with Crippen molar-refractivity contribution < 1.29 is 4.79 Å². The maximum Gasteiger partial charge on any atom is 0.267 e. The van der Waals surface area contributed by atoms with Crippen molar-refractivity contribution in [2.24, 2.45) is 0 Å². The molecule has 4 heterocycles. The number of rotatable bonds is 6. The monoisotopic (exact) mass is 504 g/mol. The van der Waals surface area contributed by atoms with Crippen LogP contribution in [0.3, 0.4) is 0 Å². The van der Waals surface area contributed by atoms with Crippen LogP contribution >= 0.6 is 24.0 Å². The number of pyridine rings is 1. The minimum absolute atomic E-state index is 0.133. The van der Waals surface area contributed by atoms with Gasteiger partial charge in [-0.3, -0.25) is 18.9 Å². The van der Waals surface area contributed by atoms with Gasteiger partial charge in [0, 0.05) is 25.8 Å². The first-order valence-electron chi connectivity index (χ1n) is 12.1. The zero-order valence-corrected chi connectivity index (χ0v) is 21.4. The molecule has 0 atom stereocenters. The lowest BCUT2D eigenvalue weighted by molar-refractivity contribution is -0.122. The molecule has 0 unspecified atom stereocenters. The average molecular weight is 505 g/mol. The number of carbonyl (C=O) groups is 1. The Balaban J connectivity index is 1.46. The van der Waals surface area contributed by atoms with Gasteiger partial charge in [-0.1, -0.05) is 60.4 Å². The summed E-state index contributed by atoms with van der Waals surface area (Å²) < 4.78 is 2.12. The highest BCUT2D eigenvalue weighted by Crippen LogP contribution is 2.34. The summed E-state index contributed by atoms with van der Waals surface area (Å²) >= 11 is 6.81. The van der Waals surface area contributed by atoms with Gasteiger partial charge in [-0.15, -0.1) is 0 Å². The Bertz CT molecular complexity index is 1360. The molecule has 0 bridgehead atoms. The average Bonchev–Trinajstić information content (AvgIpc) is 3.14. The molecule has 0 N–H and O–H groups in total. The minimum atomic E-state index is -0.159. The molecule has 0 aliphatic carbocycles. The van der Waals surface area contributed by atoms with Crippen LogP contribution in [-0.2, 0) is 11.2 Å². The number of piperidine rings is 1. The van der Waals surface area contributed by atoms with Gasteiger partial charge in [0.25, 0.3) is 11.5 Å². The molecule has 8 heteroatoms. The third-order valence-corrected chi connectivity index (χ3v) is 7.94. The predicted octanol–water partition coefficient (Wildman–Crippen LogP) is 4.83.